The van der Waals surface area contributed by atoms with Crippen molar-refractivity contribution in [1.82, 2.24) is 10.9 Å². The summed E-state index contributed by atoms with van der Waals surface area (Å²) < 4.78 is 10.1. The highest BCUT2D eigenvalue weighted by Gasteiger charge is 2.17. The topological polar surface area (TPSA) is 76.7 Å². The van der Waals surface area contributed by atoms with Crippen LogP contribution in [0.4, 0.5) is 4.79 Å². The van der Waals surface area contributed by atoms with Crippen LogP contribution in [-0.4, -0.2) is 24.7 Å². The Balaban J connectivity index is 2.61. The van der Waals surface area contributed by atoms with Crippen LogP contribution in [0.5, 0.6) is 5.75 Å². The lowest BCUT2D eigenvalue weighted by Crippen LogP contribution is -2.44. The third-order valence-corrected chi connectivity index (χ3v) is 2.36. The predicted octanol–water partition coefficient (Wildman–Crippen LogP) is 2.17. The number of benzene rings is 1. The van der Waals surface area contributed by atoms with E-state index in [-0.39, 0.29) is 0 Å². The highest BCUT2D eigenvalue weighted by atomic mass is 16.6. The lowest BCUT2D eigenvalue weighted by Gasteiger charge is -2.19. The van der Waals surface area contributed by atoms with Crippen molar-refractivity contribution in [3.63, 3.8) is 0 Å². The number of nitrogens with one attached hydrogen (secondary N) is 2. The molecule has 2 amide bonds. The van der Waals surface area contributed by atoms with Crippen molar-refractivity contribution in [3.05, 3.63) is 29.3 Å². The van der Waals surface area contributed by atoms with Crippen LogP contribution < -0.4 is 15.6 Å². The SMILES string of the molecule is COc1ccc(C(=O)NNC(=O)OC(C)(C)C)c(C)c1. The first-order valence-corrected chi connectivity index (χ1v) is 6.17. The van der Waals surface area contributed by atoms with Gasteiger partial charge in [-0.1, -0.05) is 0 Å². The van der Waals surface area contributed by atoms with Crippen LogP contribution >= 0.6 is 0 Å². The van der Waals surface area contributed by atoms with Gasteiger partial charge >= 0.3 is 6.09 Å². The molecular weight excluding hydrogens is 260 g/mol. The second-order valence-electron chi connectivity index (χ2n) is 5.26. The molecule has 1 rings (SSSR count). The normalized spacial score (nSPS) is 10.7. The zero-order valence-corrected chi connectivity index (χ0v) is 12.4. The molecule has 6 heteroatoms. The Morgan fingerprint density at radius 1 is 1.15 bits per heavy atom. The summed E-state index contributed by atoms with van der Waals surface area (Å²) in [5.41, 5.74) is 5.07. The van der Waals surface area contributed by atoms with Crippen molar-refractivity contribution in [1.29, 1.82) is 0 Å². The molecule has 0 aliphatic rings. The maximum Gasteiger partial charge on any atom is 0.426 e. The maximum absolute atomic E-state index is 11.9. The van der Waals surface area contributed by atoms with Crippen molar-refractivity contribution in [3.8, 4) is 5.75 Å². The maximum atomic E-state index is 11.9. The van der Waals surface area contributed by atoms with Gasteiger partial charge in [-0.15, -0.1) is 0 Å². The first kappa shape index (κ1) is 15.8. The number of hydrazine groups is 1. The summed E-state index contributed by atoms with van der Waals surface area (Å²) in [5.74, 6) is 0.246. The number of rotatable bonds is 2. The molecule has 0 unspecified atom stereocenters. The Bertz CT molecular complexity index is 506. The Hall–Kier alpha value is -2.24. The van der Waals surface area contributed by atoms with E-state index in [0.717, 1.165) is 5.56 Å². The molecule has 0 heterocycles. The number of amides is 2. The van der Waals surface area contributed by atoms with Crippen LogP contribution in [-0.2, 0) is 4.74 Å². The molecule has 0 atom stereocenters. The summed E-state index contributed by atoms with van der Waals surface area (Å²) >= 11 is 0. The van der Waals surface area contributed by atoms with E-state index in [9.17, 15) is 9.59 Å². The molecule has 0 aliphatic carbocycles. The van der Waals surface area contributed by atoms with Gasteiger partial charge < -0.3 is 9.47 Å². The highest BCUT2D eigenvalue weighted by molar-refractivity contribution is 5.96. The van der Waals surface area contributed by atoms with E-state index < -0.39 is 17.6 Å². The fourth-order valence-electron chi connectivity index (χ4n) is 1.50. The Kier molecular flexibility index (Phi) is 4.96. The number of carbonyl (C=O) groups is 2. The molecule has 0 bridgehead atoms. The van der Waals surface area contributed by atoms with Gasteiger partial charge in [0.25, 0.3) is 5.91 Å². The van der Waals surface area contributed by atoms with E-state index in [0.29, 0.717) is 11.3 Å². The predicted molar refractivity (Wildman–Crippen MR) is 74.6 cm³/mol. The molecule has 0 fully saturated rings. The molecule has 0 aromatic heterocycles. The molecule has 20 heavy (non-hydrogen) atoms. The minimum Gasteiger partial charge on any atom is -0.497 e. The van der Waals surface area contributed by atoms with Gasteiger partial charge in [0, 0.05) is 5.56 Å². The second-order valence-corrected chi connectivity index (χ2v) is 5.26. The molecular formula is C14H20N2O4. The first-order chi connectivity index (χ1) is 9.23. The van der Waals surface area contributed by atoms with Crippen molar-refractivity contribution in [2.24, 2.45) is 0 Å². The van der Waals surface area contributed by atoms with Crippen molar-refractivity contribution >= 4 is 12.0 Å². The van der Waals surface area contributed by atoms with Crippen LogP contribution in [0.3, 0.4) is 0 Å². The molecule has 6 nitrogen and oxygen atoms in total. The summed E-state index contributed by atoms with van der Waals surface area (Å²) in [5, 5.41) is 0. The van der Waals surface area contributed by atoms with Gasteiger partial charge in [0.05, 0.1) is 7.11 Å². The summed E-state index contributed by atoms with van der Waals surface area (Å²) in [6, 6.07) is 5.04. The molecule has 0 saturated carbocycles. The van der Waals surface area contributed by atoms with Crippen LogP contribution in [0.2, 0.25) is 0 Å². The number of hydrogen-bond donors (Lipinski definition) is 2. The average Bonchev–Trinajstić information content (AvgIpc) is 2.33. The number of aryl methyl sites for hydroxylation is 1. The van der Waals surface area contributed by atoms with E-state index in [1.54, 1.807) is 53.0 Å². The van der Waals surface area contributed by atoms with Gasteiger partial charge in [-0.25, -0.2) is 10.2 Å². The fraction of sp³-hybridized carbons (Fsp3) is 0.429. The monoisotopic (exact) mass is 280 g/mol. The van der Waals surface area contributed by atoms with Gasteiger partial charge in [-0.3, -0.25) is 10.2 Å². The van der Waals surface area contributed by atoms with Gasteiger partial charge in [0.1, 0.15) is 11.4 Å². The zero-order chi connectivity index (χ0) is 15.3. The lowest BCUT2D eigenvalue weighted by molar-refractivity contribution is 0.0483. The van der Waals surface area contributed by atoms with Crippen molar-refractivity contribution < 1.29 is 19.1 Å². The van der Waals surface area contributed by atoms with Crippen LogP contribution in [0.1, 0.15) is 36.7 Å². The Labute approximate surface area is 118 Å². The quantitative estimate of drug-likeness (QED) is 0.814. The molecule has 0 aliphatic heterocycles. The molecule has 1 aromatic carbocycles. The molecule has 0 radical (unpaired) electrons. The van der Waals surface area contributed by atoms with Crippen molar-refractivity contribution in [2.45, 2.75) is 33.3 Å². The minimum atomic E-state index is -0.711. The van der Waals surface area contributed by atoms with Crippen LogP contribution in [0.25, 0.3) is 0 Å². The molecule has 0 saturated heterocycles. The lowest BCUT2D eigenvalue weighted by atomic mass is 10.1. The summed E-state index contributed by atoms with van der Waals surface area (Å²) in [6.07, 6.45) is -0.711. The molecule has 0 spiro atoms. The molecule has 110 valence electrons. The second kappa shape index (κ2) is 6.27. The smallest absolute Gasteiger partial charge is 0.426 e. The van der Waals surface area contributed by atoms with Crippen LogP contribution in [0.15, 0.2) is 18.2 Å². The van der Waals surface area contributed by atoms with E-state index >= 15 is 0 Å². The number of carbonyl (C=O) groups excluding carboxylic acids is 2. The number of ether oxygens (including phenoxy) is 2. The first-order valence-electron chi connectivity index (χ1n) is 6.17. The Morgan fingerprint density at radius 2 is 1.80 bits per heavy atom. The standard InChI is InChI=1S/C14H20N2O4/c1-9-8-10(19-5)6-7-11(9)12(17)15-16-13(18)20-14(2,3)4/h6-8H,1-5H3,(H,15,17)(H,16,18). The fourth-order valence-corrected chi connectivity index (χ4v) is 1.50. The van der Waals surface area contributed by atoms with Crippen molar-refractivity contribution in [2.75, 3.05) is 7.11 Å². The average molecular weight is 280 g/mol. The van der Waals surface area contributed by atoms with Gasteiger partial charge in [-0.05, 0) is 51.5 Å². The van der Waals surface area contributed by atoms with E-state index in [1.165, 1.54) is 0 Å². The van der Waals surface area contributed by atoms with E-state index in [2.05, 4.69) is 10.9 Å². The summed E-state index contributed by atoms with van der Waals surface area (Å²) in [4.78, 5) is 23.3. The van der Waals surface area contributed by atoms with Gasteiger partial charge in [-0.2, -0.15) is 0 Å². The van der Waals surface area contributed by atoms with Crippen LogP contribution in [0, 0.1) is 6.92 Å². The largest absolute Gasteiger partial charge is 0.497 e. The van der Waals surface area contributed by atoms with Gasteiger partial charge in [0.15, 0.2) is 0 Å². The minimum absolute atomic E-state index is 0.420. The van der Waals surface area contributed by atoms with E-state index in [1.807, 2.05) is 0 Å². The summed E-state index contributed by atoms with van der Waals surface area (Å²) in [7, 11) is 1.55. The zero-order valence-electron chi connectivity index (χ0n) is 12.4. The third-order valence-electron chi connectivity index (χ3n) is 2.36. The Morgan fingerprint density at radius 3 is 2.30 bits per heavy atom. The summed E-state index contributed by atoms with van der Waals surface area (Å²) in [6.45, 7) is 7.00. The third kappa shape index (κ3) is 4.79. The molecule has 1 aromatic rings. The number of hydrogen-bond acceptors (Lipinski definition) is 4. The molecule has 2 N–H and O–H groups in total. The highest BCUT2D eigenvalue weighted by Crippen LogP contribution is 2.16. The van der Waals surface area contributed by atoms with E-state index in [4.69, 9.17) is 9.47 Å². The number of methoxy groups -OCH3 is 1. The van der Waals surface area contributed by atoms with Gasteiger partial charge in [0.2, 0.25) is 0 Å².